The molecule has 2 aliphatic rings. The number of hydrogen-bond donors (Lipinski definition) is 0. The summed E-state index contributed by atoms with van der Waals surface area (Å²) in [6.07, 6.45) is 5.37. The van der Waals surface area contributed by atoms with E-state index >= 15 is 0 Å². The number of aromatic nitrogens is 3. The maximum absolute atomic E-state index is 12.8. The molecule has 0 radical (unpaired) electrons. The van der Waals surface area contributed by atoms with E-state index in [0.717, 1.165) is 54.0 Å². The van der Waals surface area contributed by atoms with Crippen molar-refractivity contribution >= 4 is 17.2 Å². The van der Waals surface area contributed by atoms with Gasteiger partial charge in [0, 0.05) is 53.7 Å². The van der Waals surface area contributed by atoms with Gasteiger partial charge in [-0.05, 0) is 30.7 Å². The molecule has 3 aromatic rings. The molecule has 0 saturated heterocycles. The summed E-state index contributed by atoms with van der Waals surface area (Å²) in [5.41, 5.74) is 4.72. The van der Waals surface area contributed by atoms with Crippen molar-refractivity contribution in [3.8, 4) is 11.3 Å². The summed E-state index contributed by atoms with van der Waals surface area (Å²) in [5.74, 6) is 1.25. The molecule has 1 amide bonds. The largest absolute Gasteiger partial charge is 0.360 e. The number of fused-ring (bicyclic) bond motifs is 1. The van der Waals surface area contributed by atoms with Crippen LogP contribution >= 0.6 is 11.3 Å². The standard InChI is InChI=1S/C19H18N4O2S/c24-19(16-9-17(25-22-16)12-1-2-12)23-6-3-14-15(4-7-23)20-11-21-18(14)13-5-8-26-10-13/h5,8-12H,1-4,6-7H2. The lowest BCUT2D eigenvalue weighted by Crippen LogP contribution is -2.33. The molecule has 1 aliphatic heterocycles. The Balaban J connectivity index is 1.38. The average Bonchev–Trinajstić information content (AvgIpc) is 3.22. The van der Waals surface area contributed by atoms with Gasteiger partial charge in [-0.1, -0.05) is 5.16 Å². The lowest BCUT2D eigenvalue weighted by molar-refractivity contribution is 0.0752. The van der Waals surface area contributed by atoms with Crippen molar-refractivity contribution in [2.45, 2.75) is 31.6 Å². The minimum absolute atomic E-state index is 0.0569. The van der Waals surface area contributed by atoms with E-state index in [1.54, 1.807) is 17.7 Å². The summed E-state index contributed by atoms with van der Waals surface area (Å²) in [6, 6.07) is 3.89. The van der Waals surface area contributed by atoms with Crippen LogP contribution in [0.3, 0.4) is 0 Å². The third kappa shape index (κ3) is 2.82. The van der Waals surface area contributed by atoms with E-state index in [1.807, 2.05) is 11.0 Å². The Morgan fingerprint density at radius 1 is 1.23 bits per heavy atom. The molecule has 0 atom stereocenters. The fraction of sp³-hybridized carbons (Fsp3) is 0.368. The number of hydrogen-bond acceptors (Lipinski definition) is 6. The van der Waals surface area contributed by atoms with Gasteiger partial charge in [-0.15, -0.1) is 0 Å². The highest BCUT2D eigenvalue weighted by atomic mass is 32.1. The van der Waals surface area contributed by atoms with Crippen LogP contribution in [0.2, 0.25) is 0 Å². The number of amides is 1. The van der Waals surface area contributed by atoms with E-state index in [4.69, 9.17) is 4.52 Å². The molecule has 5 rings (SSSR count). The summed E-state index contributed by atoms with van der Waals surface area (Å²) in [4.78, 5) is 23.7. The second kappa shape index (κ2) is 6.32. The van der Waals surface area contributed by atoms with E-state index < -0.39 is 0 Å². The van der Waals surface area contributed by atoms with Crippen molar-refractivity contribution in [3.05, 3.63) is 51.9 Å². The lowest BCUT2D eigenvalue weighted by Gasteiger charge is -2.18. The summed E-state index contributed by atoms with van der Waals surface area (Å²) in [6.45, 7) is 1.28. The summed E-state index contributed by atoms with van der Waals surface area (Å²) in [7, 11) is 0. The number of rotatable bonds is 3. The van der Waals surface area contributed by atoms with Gasteiger partial charge in [0.15, 0.2) is 5.69 Å². The zero-order valence-electron chi connectivity index (χ0n) is 14.2. The Morgan fingerprint density at radius 2 is 2.12 bits per heavy atom. The highest BCUT2D eigenvalue weighted by Crippen LogP contribution is 2.40. The van der Waals surface area contributed by atoms with Gasteiger partial charge in [-0.3, -0.25) is 4.79 Å². The SMILES string of the molecule is O=C(c1cc(C2CC2)on1)N1CCc2ncnc(-c3ccsc3)c2CC1. The maximum atomic E-state index is 12.8. The molecule has 0 unspecified atom stereocenters. The molecule has 3 aromatic heterocycles. The monoisotopic (exact) mass is 366 g/mol. The van der Waals surface area contributed by atoms with Crippen LogP contribution in [0.1, 0.15) is 46.3 Å². The molecule has 4 heterocycles. The van der Waals surface area contributed by atoms with Gasteiger partial charge in [-0.2, -0.15) is 11.3 Å². The van der Waals surface area contributed by atoms with Gasteiger partial charge in [-0.25, -0.2) is 9.97 Å². The minimum atomic E-state index is -0.0569. The van der Waals surface area contributed by atoms with Gasteiger partial charge in [0.1, 0.15) is 12.1 Å². The highest BCUT2D eigenvalue weighted by Gasteiger charge is 2.30. The molecule has 0 aromatic carbocycles. The third-order valence-corrected chi connectivity index (χ3v) is 5.78. The van der Waals surface area contributed by atoms with Crippen LogP contribution < -0.4 is 0 Å². The van der Waals surface area contributed by atoms with E-state index in [-0.39, 0.29) is 5.91 Å². The van der Waals surface area contributed by atoms with Crippen molar-refractivity contribution in [3.63, 3.8) is 0 Å². The van der Waals surface area contributed by atoms with Crippen molar-refractivity contribution in [2.24, 2.45) is 0 Å². The third-order valence-electron chi connectivity index (χ3n) is 5.09. The van der Waals surface area contributed by atoms with Crippen LogP contribution in [0.15, 0.2) is 33.7 Å². The van der Waals surface area contributed by atoms with Crippen molar-refractivity contribution in [1.29, 1.82) is 0 Å². The van der Waals surface area contributed by atoms with E-state index in [0.29, 0.717) is 24.7 Å². The molecule has 132 valence electrons. The van der Waals surface area contributed by atoms with Crippen LogP contribution in [0.25, 0.3) is 11.3 Å². The molecular weight excluding hydrogens is 348 g/mol. The smallest absolute Gasteiger partial charge is 0.276 e. The summed E-state index contributed by atoms with van der Waals surface area (Å²) in [5, 5.41) is 8.15. The van der Waals surface area contributed by atoms with Gasteiger partial charge >= 0.3 is 0 Å². The molecule has 6 nitrogen and oxygen atoms in total. The van der Waals surface area contributed by atoms with E-state index in [9.17, 15) is 4.79 Å². The Morgan fingerprint density at radius 3 is 2.92 bits per heavy atom. The van der Waals surface area contributed by atoms with Crippen molar-refractivity contribution in [2.75, 3.05) is 13.1 Å². The molecule has 1 saturated carbocycles. The van der Waals surface area contributed by atoms with E-state index in [1.165, 1.54) is 0 Å². The molecule has 7 heteroatoms. The van der Waals surface area contributed by atoms with Crippen molar-refractivity contribution < 1.29 is 9.32 Å². The Kier molecular flexibility index (Phi) is 3.81. The van der Waals surface area contributed by atoms with Crippen LogP contribution in [0.5, 0.6) is 0 Å². The average molecular weight is 366 g/mol. The van der Waals surface area contributed by atoms with Crippen molar-refractivity contribution in [1.82, 2.24) is 20.0 Å². The Bertz CT molecular complexity index is 946. The Labute approximate surface area is 154 Å². The normalized spacial score (nSPS) is 17.0. The molecular formula is C19H18N4O2S. The number of thiophene rings is 1. The molecule has 1 aliphatic carbocycles. The fourth-order valence-electron chi connectivity index (χ4n) is 3.49. The summed E-state index contributed by atoms with van der Waals surface area (Å²) >= 11 is 1.66. The lowest BCUT2D eigenvalue weighted by atomic mass is 10.0. The first-order valence-electron chi connectivity index (χ1n) is 8.91. The number of carbonyl (C=O) groups is 1. The highest BCUT2D eigenvalue weighted by molar-refractivity contribution is 7.08. The quantitative estimate of drug-likeness (QED) is 0.711. The minimum Gasteiger partial charge on any atom is -0.360 e. The van der Waals surface area contributed by atoms with Crippen LogP contribution in [0, 0.1) is 0 Å². The van der Waals surface area contributed by atoms with Gasteiger partial charge < -0.3 is 9.42 Å². The van der Waals surface area contributed by atoms with Crippen LogP contribution in [-0.2, 0) is 12.8 Å². The second-order valence-corrected chi connectivity index (χ2v) is 7.62. The van der Waals surface area contributed by atoms with Gasteiger partial charge in [0.2, 0.25) is 0 Å². The molecule has 0 N–H and O–H groups in total. The molecule has 26 heavy (non-hydrogen) atoms. The van der Waals surface area contributed by atoms with Crippen LogP contribution in [-0.4, -0.2) is 39.0 Å². The number of nitrogens with zero attached hydrogens (tertiary/aromatic N) is 4. The first kappa shape index (κ1) is 15.7. The zero-order valence-corrected chi connectivity index (χ0v) is 15.0. The predicted octanol–water partition coefficient (Wildman–Crippen LogP) is 3.31. The first-order valence-corrected chi connectivity index (χ1v) is 9.85. The predicted molar refractivity (Wildman–Crippen MR) is 97.1 cm³/mol. The van der Waals surface area contributed by atoms with E-state index in [2.05, 4.69) is 32.0 Å². The number of carbonyl (C=O) groups excluding carboxylic acids is 1. The topological polar surface area (TPSA) is 72.1 Å². The van der Waals surface area contributed by atoms with Crippen LogP contribution in [0.4, 0.5) is 0 Å². The summed E-state index contributed by atoms with van der Waals surface area (Å²) < 4.78 is 5.34. The molecule has 1 fully saturated rings. The maximum Gasteiger partial charge on any atom is 0.276 e. The zero-order chi connectivity index (χ0) is 17.5. The Hall–Kier alpha value is -2.54. The molecule has 0 bridgehead atoms. The molecule has 0 spiro atoms. The second-order valence-electron chi connectivity index (χ2n) is 6.84. The van der Waals surface area contributed by atoms with Gasteiger partial charge in [0.05, 0.1) is 5.69 Å². The first-order chi connectivity index (χ1) is 12.8. The van der Waals surface area contributed by atoms with Gasteiger partial charge in [0.25, 0.3) is 5.91 Å². The fourth-order valence-corrected chi connectivity index (χ4v) is 4.13.